The monoisotopic (exact) mass is 976 g/mol. The predicted octanol–water partition coefficient (Wildman–Crippen LogP) is 19.9. The lowest BCUT2D eigenvalue weighted by atomic mass is 10.0. The van der Waals surface area contributed by atoms with Crippen LogP contribution in [0, 0.1) is 0 Å². The lowest BCUT2D eigenvalue weighted by Crippen LogP contribution is -2.45. The molecule has 0 aliphatic carbocycles. The van der Waals surface area contributed by atoms with Crippen molar-refractivity contribution in [2.75, 3.05) is 13.2 Å². The third-order valence-electron chi connectivity index (χ3n) is 15.2. The molecule has 2 unspecified atom stereocenters. The highest BCUT2D eigenvalue weighted by Crippen LogP contribution is 2.19. The van der Waals surface area contributed by atoms with Crippen LogP contribution in [0.25, 0.3) is 0 Å². The molecule has 0 fully saturated rings. The van der Waals surface area contributed by atoms with Gasteiger partial charge in [0.25, 0.3) is 0 Å². The molecule has 0 rings (SSSR count). The van der Waals surface area contributed by atoms with Gasteiger partial charge in [-0.05, 0) is 25.7 Å². The molecule has 0 bridgehead atoms. The zero-order valence-corrected chi connectivity index (χ0v) is 47.1. The van der Waals surface area contributed by atoms with Gasteiger partial charge in [0, 0.05) is 12.8 Å². The van der Waals surface area contributed by atoms with Crippen LogP contribution in [0.1, 0.15) is 367 Å². The predicted molar refractivity (Wildman–Crippen MR) is 301 cm³/mol. The Kier molecular flexibility index (Phi) is 58.4. The summed E-state index contributed by atoms with van der Waals surface area (Å²) in [5.41, 5.74) is 0. The Morgan fingerprint density at radius 3 is 0.884 bits per heavy atom. The summed E-state index contributed by atoms with van der Waals surface area (Å²) in [6.45, 7) is 4.98. The van der Waals surface area contributed by atoms with Crippen LogP contribution < -0.4 is 5.32 Å². The number of amides is 1. The minimum atomic E-state index is -0.669. The quantitative estimate of drug-likeness (QED) is 0.0417. The molecule has 6 nitrogen and oxygen atoms in total. The van der Waals surface area contributed by atoms with E-state index >= 15 is 0 Å². The van der Waals surface area contributed by atoms with Gasteiger partial charge in [-0.15, -0.1) is 0 Å². The van der Waals surface area contributed by atoms with Gasteiger partial charge in [-0.25, -0.2) is 0 Å². The van der Waals surface area contributed by atoms with E-state index in [4.69, 9.17) is 4.74 Å². The van der Waals surface area contributed by atoms with Crippen molar-refractivity contribution in [2.24, 2.45) is 0 Å². The third kappa shape index (κ3) is 56.0. The highest BCUT2D eigenvalue weighted by molar-refractivity contribution is 5.76. The van der Waals surface area contributed by atoms with Crippen molar-refractivity contribution in [3.05, 3.63) is 0 Å². The highest BCUT2D eigenvalue weighted by atomic mass is 16.5. The van der Waals surface area contributed by atoms with Crippen LogP contribution >= 0.6 is 0 Å². The molecule has 0 aromatic carbocycles. The first-order valence-electron chi connectivity index (χ1n) is 31.8. The summed E-state index contributed by atoms with van der Waals surface area (Å²) in [6.07, 6.45) is 69.7. The topological polar surface area (TPSA) is 95.9 Å². The second kappa shape index (κ2) is 59.4. The van der Waals surface area contributed by atoms with Crippen molar-refractivity contribution in [1.82, 2.24) is 5.32 Å². The largest absolute Gasteiger partial charge is 0.466 e. The Bertz CT molecular complexity index is 990. The van der Waals surface area contributed by atoms with Gasteiger partial charge in [-0.2, -0.15) is 0 Å². The number of ether oxygens (including phenoxy) is 1. The number of carbonyl (C=O) groups excluding carboxylic acids is 2. The van der Waals surface area contributed by atoms with Gasteiger partial charge in [0.15, 0.2) is 0 Å². The summed E-state index contributed by atoms with van der Waals surface area (Å²) >= 11 is 0. The molecular weight excluding hydrogens is 851 g/mol. The standard InChI is InChI=1S/C63H125NO5/c1-3-5-7-9-11-13-15-17-19-20-21-22-23-24-25-28-31-35-39-43-47-51-55-61(66)60(59-65)64-62(67)56-52-48-44-40-36-32-29-26-27-30-34-38-42-46-50-54-58-69-63(68)57-53-49-45-41-37-33-18-16-14-12-10-8-6-4-2/h60-61,65-66H,3-59H2,1-2H3,(H,64,67). The van der Waals surface area contributed by atoms with E-state index in [2.05, 4.69) is 19.2 Å². The van der Waals surface area contributed by atoms with E-state index in [1.807, 2.05) is 0 Å². The van der Waals surface area contributed by atoms with Gasteiger partial charge < -0.3 is 20.3 Å². The Morgan fingerprint density at radius 2 is 0.594 bits per heavy atom. The van der Waals surface area contributed by atoms with Gasteiger partial charge >= 0.3 is 5.97 Å². The molecular formula is C63H125NO5. The molecule has 412 valence electrons. The fraction of sp³-hybridized carbons (Fsp3) is 0.968. The van der Waals surface area contributed by atoms with Crippen LogP contribution in [-0.2, 0) is 14.3 Å². The highest BCUT2D eigenvalue weighted by Gasteiger charge is 2.20. The molecule has 0 aromatic heterocycles. The van der Waals surface area contributed by atoms with E-state index in [0.29, 0.717) is 25.9 Å². The first kappa shape index (κ1) is 67.9. The number of hydrogen-bond acceptors (Lipinski definition) is 5. The minimum Gasteiger partial charge on any atom is -0.466 e. The second-order valence-electron chi connectivity index (χ2n) is 22.1. The SMILES string of the molecule is CCCCCCCCCCCCCCCCCCCCCCCCC(O)C(CO)NC(=O)CCCCCCCCCCCCCCCCCCOC(=O)CCCCCCCCCCCCCCCC. The van der Waals surface area contributed by atoms with E-state index < -0.39 is 12.1 Å². The van der Waals surface area contributed by atoms with Gasteiger partial charge in [0.1, 0.15) is 0 Å². The number of carbonyl (C=O) groups is 2. The summed E-state index contributed by atoms with van der Waals surface area (Å²) in [4.78, 5) is 24.6. The zero-order chi connectivity index (χ0) is 50.0. The molecule has 0 aromatic rings. The van der Waals surface area contributed by atoms with Gasteiger partial charge in [-0.3, -0.25) is 9.59 Å². The van der Waals surface area contributed by atoms with Crippen LogP contribution in [0.4, 0.5) is 0 Å². The maximum Gasteiger partial charge on any atom is 0.305 e. The summed E-state index contributed by atoms with van der Waals surface area (Å²) in [7, 11) is 0. The molecule has 2 atom stereocenters. The fourth-order valence-electron chi connectivity index (χ4n) is 10.3. The summed E-state index contributed by atoms with van der Waals surface area (Å²) in [5, 5.41) is 23.4. The fourth-order valence-corrected chi connectivity index (χ4v) is 10.3. The maximum atomic E-state index is 12.5. The van der Waals surface area contributed by atoms with Crippen LogP contribution in [0.3, 0.4) is 0 Å². The van der Waals surface area contributed by atoms with Gasteiger partial charge in [0.2, 0.25) is 5.91 Å². The van der Waals surface area contributed by atoms with Crippen molar-refractivity contribution < 1.29 is 24.5 Å². The van der Waals surface area contributed by atoms with Crippen molar-refractivity contribution in [2.45, 2.75) is 379 Å². The van der Waals surface area contributed by atoms with Gasteiger partial charge in [-0.1, -0.05) is 328 Å². The molecule has 69 heavy (non-hydrogen) atoms. The Morgan fingerprint density at radius 1 is 0.348 bits per heavy atom. The van der Waals surface area contributed by atoms with Crippen molar-refractivity contribution in [3.63, 3.8) is 0 Å². The average Bonchev–Trinajstić information content (AvgIpc) is 3.35. The molecule has 0 saturated heterocycles. The van der Waals surface area contributed by atoms with E-state index in [1.165, 1.54) is 295 Å². The Labute approximate surface area is 432 Å². The van der Waals surface area contributed by atoms with E-state index in [-0.39, 0.29) is 18.5 Å². The Balaban J connectivity index is 3.40. The molecule has 0 saturated carbocycles. The second-order valence-corrected chi connectivity index (χ2v) is 22.1. The molecule has 0 heterocycles. The van der Waals surface area contributed by atoms with Crippen LogP contribution in [0.15, 0.2) is 0 Å². The smallest absolute Gasteiger partial charge is 0.305 e. The van der Waals surface area contributed by atoms with Gasteiger partial charge in [0.05, 0.1) is 25.4 Å². The first-order chi connectivity index (χ1) is 34.0. The number of rotatable bonds is 60. The molecule has 0 spiro atoms. The lowest BCUT2D eigenvalue weighted by molar-refractivity contribution is -0.143. The van der Waals surface area contributed by atoms with Crippen molar-refractivity contribution >= 4 is 11.9 Å². The number of aliphatic hydroxyl groups excluding tert-OH is 2. The zero-order valence-electron chi connectivity index (χ0n) is 47.1. The van der Waals surface area contributed by atoms with Crippen molar-refractivity contribution in [3.8, 4) is 0 Å². The summed E-state index contributed by atoms with van der Waals surface area (Å²) < 4.78 is 5.48. The lowest BCUT2D eigenvalue weighted by Gasteiger charge is -2.22. The Hall–Kier alpha value is -1.14. The number of nitrogens with one attached hydrogen (secondary N) is 1. The first-order valence-corrected chi connectivity index (χ1v) is 31.8. The molecule has 6 heteroatoms. The van der Waals surface area contributed by atoms with E-state index in [9.17, 15) is 19.8 Å². The third-order valence-corrected chi connectivity index (χ3v) is 15.2. The molecule has 0 aliphatic rings. The molecule has 3 N–H and O–H groups in total. The normalized spacial score (nSPS) is 12.5. The number of unbranched alkanes of at least 4 members (excludes halogenated alkanes) is 49. The van der Waals surface area contributed by atoms with Crippen LogP contribution in [0.2, 0.25) is 0 Å². The number of hydrogen-bond donors (Lipinski definition) is 3. The molecule has 0 radical (unpaired) electrons. The van der Waals surface area contributed by atoms with E-state index in [0.717, 1.165) is 38.5 Å². The van der Waals surface area contributed by atoms with Crippen molar-refractivity contribution in [1.29, 1.82) is 0 Å². The number of aliphatic hydroxyl groups is 2. The minimum absolute atomic E-state index is 0.00697. The molecule has 0 aliphatic heterocycles. The maximum absolute atomic E-state index is 12.5. The average molecular weight is 977 g/mol. The van der Waals surface area contributed by atoms with Crippen LogP contribution in [0.5, 0.6) is 0 Å². The number of esters is 1. The summed E-state index contributed by atoms with van der Waals surface area (Å²) in [5.74, 6) is -0.0297. The molecule has 1 amide bonds. The van der Waals surface area contributed by atoms with Crippen LogP contribution in [-0.4, -0.2) is 47.4 Å². The van der Waals surface area contributed by atoms with E-state index in [1.54, 1.807) is 0 Å². The summed E-state index contributed by atoms with van der Waals surface area (Å²) in [6, 6.07) is -0.546.